The summed E-state index contributed by atoms with van der Waals surface area (Å²) >= 11 is 1.59. The van der Waals surface area contributed by atoms with Gasteiger partial charge in [0.15, 0.2) is 11.5 Å². The van der Waals surface area contributed by atoms with Gasteiger partial charge in [-0.05, 0) is 49.4 Å². The monoisotopic (exact) mass is 450 g/mol. The van der Waals surface area contributed by atoms with Crippen molar-refractivity contribution < 1.29 is 22.7 Å². The Balaban J connectivity index is 1.75. The Kier molecular flexibility index (Phi) is 7.27. The number of rotatable bonds is 7. The van der Waals surface area contributed by atoms with E-state index in [1.54, 1.807) is 17.8 Å². The molecular formula is C21H26N2O5S2. The van der Waals surface area contributed by atoms with E-state index in [1.165, 1.54) is 30.7 Å². The van der Waals surface area contributed by atoms with Crippen LogP contribution in [0.5, 0.6) is 11.5 Å². The van der Waals surface area contributed by atoms with Crippen LogP contribution in [0.3, 0.4) is 0 Å². The molecule has 9 heteroatoms. The number of nitrogens with zero attached hydrogens (tertiary/aromatic N) is 1. The van der Waals surface area contributed by atoms with Gasteiger partial charge in [0, 0.05) is 29.7 Å². The van der Waals surface area contributed by atoms with Crippen molar-refractivity contribution in [2.75, 3.05) is 38.9 Å². The summed E-state index contributed by atoms with van der Waals surface area (Å²) < 4.78 is 38.1. The van der Waals surface area contributed by atoms with Crippen LogP contribution in [-0.2, 0) is 14.8 Å². The number of amides is 1. The number of methoxy groups -OCH3 is 2. The molecule has 1 saturated heterocycles. The molecule has 0 saturated carbocycles. The molecule has 162 valence electrons. The van der Waals surface area contributed by atoms with Crippen LogP contribution in [0.15, 0.2) is 52.3 Å². The Morgan fingerprint density at radius 1 is 1.13 bits per heavy atom. The molecule has 1 aliphatic rings. The summed E-state index contributed by atoms with van der Waals surface area (Å²) in [5.41, 5.74) is 0.715. The Bertz CT molecular complexity index is 1010. The average molecular weight is 451 g/mol. The highest BCUT2D eigenvalue weighted by Gasteiger charge is 2.33. The minimum atomic E-state index is -3.76. The van der Waals surface area contributed by atoms with Crippen molar-refractivity contribution in [3.63, 3.8) is 0 Å². The largest absolute Gasteiger partial charge is 0.493 e. The van der Waals surface area contributed by atoms with E-state index in [0.717, 1.165) is 4.90 Å². The van der Waals surface area contributed by atoms with Crippen molar-refractivity contribution in [3.8, 4) is 11.5 Å². The average Bonchev–Trinajstić information content (AvgIpc) is 2.78. The van der Waals surface area contributed by atoms with Gasteiger partial charge < -0.3 is 14.8 Å². The third-order valence-electron chi connectivity index (χ3n) is 5.08. The molecule has 30 heavy (non-hydrogen) atoms. The molecule has 2 aromatic carbocycles. The van der Waals surface area contributed by atoms with E-state index in [4.69, 9.17) is 9.47 Å². The summed E-state index contributed by atoms with van der Waals surface area (Å²) in [5.74, 6) is 0.227. The number of hydrogen-bond donors (Lipinski definition) is 1. The number of thioether (sulfide) groups is 1. The first-order valence-electron chi connectivity index (χ1n) is 9.56. The molecule has 1 amide bonds. The first kappa shape index (κ1) is 22.5. The number of nitrogens with one attached hydrogen (secondary N) is 1. The zero-order valence-corrected chi connectivity index (χ0v) is 18.9. The molecular weight excluding hydrogens is 424 g/mol. The lowest BCUT2D eigenvalue weighted by molar-refractivity contribution is -0.120. The highest BCUT2D eigenvalue weighted by atomic mass is 32.2. The number of carbonyl (C=O) groups is 1. The highest BCUT2D eigenvalue weighted by Crippen LogP contribution is 2.32. The van der Waals surface area contributed by atoms with Gasteiger partial charge in [0.05, 0.1) is 25.0 Å². The van der Waals surface area contributed by atoms with E-state index >= 15 is 0 Å². The van der Waals surface area contributed by atoms with Crippen molar-refractivity contribution in [3.05, 3.63) is 42.5 Å². The topological polar surface area (TPSA) is 84.9 Å². The van der Waals surface area contributed by atoms with E-state index in [1.807, 2.05) is 30.5 Å². The van der Waals surface area contributed by atoms with Crippen molar-refractivity contribution >= 4 is 33.4 Å². The summed E-state index contributed by atoms with van der Waals surface area (Å²) in [6.07, 6.45) is 3.24. The van der Waals surface area contributed by atoms with Gasteiger partial charge in [0.25, 0.3) is 0 Å². The molecule has 0 bridgehead atoms. The second kappa shape index (κ2) is 9.72. The maximum Gasteiger partial charge on any atom is 0.243 e. The lowest BCUT2D eigenvalue weighted by atomic mass is 9.99. The second-order valence-electron chi connectivity index (χ2n) is 6.94. The fourth-order valence-corrected chi connectivity index (χ4v) is 5.45. The number of carbonyl (C=O) groups excluding carboxylic acids is 1. The first-order chi connectivity index (χ1) is 14.4. The summed E-state index contributed by atoms with van der Waals surface area (Å²) in [7, 11) is -0.800. The molecule has 0 unspecified atom stereocenters. The Morgan fingerprint density at radius 2 is 1.90 bits per heavy atom. The number of sulfonamides is 1. The molecule has 1 N–H and O–H groups in total. The van der Waals surface area contributed by atoms with Gasteiger partial charge in [-0.3, -0.25) is 4.79 Å². The number of benzene rings is 2. The van der Waals surface area contributed by atoms with E-state index in [-0.39, 0.29) is 17.3 Å². The van der Waals surface area contributed by atoms with E-state index < -0.39 is 15.9 Å². The minimum Gasteiger partial charge on any atom is -0.493 e. The molecule has 2 aromatic rings. The molecule has 1 fully saturated rings. The van der Waals surface area contributed by atoms with Gasteiger partial charge in [-0.25, -0.2) is 8.42 Å². The predicted octanol–water partition coefficient (Wildman–Crippen LogP) is 3.47. The van der Waals surface area contributed by atoms with E-state index in [0.29, 0.717) is 36.6 Å². The molecule has 3 rings (SSSR count). The van der Waals surface area contributed by atoms with E-state index in [2.05, 4.69) is 5.32 Å². The third-order valence-corrected chi connectivity index (χ3v) is 7.67. The maximum atomic E-state index is 13.2. The summed E-state index contributed by atoms with van der Waals surface area (Å²) in [6.45, 7) is 0.521. The number of anilines is 1. The molecule has 0 aliphatic carbocycles. The normalized spacial score (nSPS) is 17.4. The van der Waals surface area contributed by atoms with Crippen LogP contribution in [0.2, 0.25) is 0 Å². The molecule has 0 spiro atoms. The van der Waals surface area contributed by atoms with Gasteiger partial charge in [-0.1, -0.05) is 6.07 Å². The second-order valence-corrected chi connectivity index (χ2v) is 9.76. The first-order valence-corrected chi connectivity index (χ1v) is 12.2. The zero-order valence-electron chi connectivity index (χ0n) is 17.3. The lowest BCUT2D eigenvalue weighted by Crippen LogP contribution is -2.43. The predicted molar refractivity (Wildman–Crippen MR) is 118 cm³/mol. The van der Waals surface area contributed by atoms with Gasteiger partial charge in [-0.2, -0.15) is 4.31 Å². The van der Waals surface area contributed by atoms with Crippen LogP contribution in [-0.4, -0.2) is 52.2 Å². The standard InChI is InChI=1S/C21H26N2O5S2/c1-27-19-10-9-18(13-20(19)28-2)30(25,26)23-11-5-6-15(14-23)21(24)22-16-7-4-8-17(12-16)29-3/h4,7-10,12-13,15H,5-6,11,14H2,1-3H3,(H,22,24)/t15-/m0/s1. The van der Waals surface area contributed by atoms with Gasteiger partial charge in [0.1, 0.15) is 0 Å². The lowest BCUT2D eigenvalue weighted by Gasteiger charge is -2.31. The molecule has 1 atom stereocenters. The Hall–Kier alpha value is -2.23. The highest BCUT2D eigenvalue weighted by molar-refractivity contribution is 7.98. The number of hydrogen-bond acceptors (Lipinski definition) is 6. The number of piperidine rings is 1. The van der Waals surface area contributed by atoms with Crippen molar-refractivity contribution in [1.82, 2.24) is 4.31 Å². The Morgan fingerprint density at radius 3 is 2.60 bits per heavy atom. The molecule has 7 nitrogen and oxygen atoms in total. The van der Waals surface area contributed by atoms with Gasteiger partial charge >= 0.3 is 0 Å². The number of ether oxygens (including phenoxy) is 2. The van der Waals surface area contributed by atoms with Crippen molar-refractivity contribution in [2.24, 2.45) is 5.92 Å². The fraction of sp³-hybridized carbons (Fsp3) is 0.381. The van der Waals surface area contributed by atoms with Crippen LogP contribution in [0.25, 0.3) is 0 Å². The molecule has 0 aromatic heterocycles. The molecule has 1 aliphatic heterocycles. The quantitative estimate of drug-likeness (QED) is 0.651. The maximum absolute atomic E-state index is 13.2. The van der Waals surface area contributed by atoms with Crippen LogP contribution in [0.4, 0.5) is 5.69 Å². The van der Waals surface area contributed by atoms with Crippen LogP contribution >= 0.6 is 11.8 Å². The molecule has 1 heterocycles. The van der Waals surface area contributed by atoms with Crippen LogP contribution in [0.1, 0.15) is 12.8 Å². The Labute approximate surface area is 181 Å². The zero-order chi connectivity index (χ0) is 21.7. The minimum absolute atomic E-state index is 0.119. The van der Waals surface area contributed by atoms with Crippen LogP contribution in [0, 0.1) is 5.92 Å². The van der Waals surface area contributed by atoms with Crippen LogP contribution < -0.4 is 14.8 Å². The summed E-state index contributed by atoms with van der Waals surface area (Å²) in [6, 6.07) is 12.1. The smallest absolute Gasteiger partial charge is 0.243 e. The molecule has 0 radical (unpaired) electrons. The van der Waals surface area contributed by atoms with E-state index in [9.17, 15) is 13.2 Å². The van der Waals surface area contributed by atoms with Gasteiger partial charge in [0.2, 0.25) is 15.9 Å². The summed E-state index contributed by atoms with van der Waals surface area (Å²) in [4.78, 5) is 14.0. The third kappa shape index (κ3) is 4.91. The van der Waals surface area contributed by atoms with Crippen molar-refractivity contribution in [2.45, 2.75) is 22.6 Å². The fourth-order valence-electron chi connectivity index (χ4n) is 3.45. The van der Waals surface area contributed by atoms with Crippen molar-refractivity contribution in [1.29, 1.82) is 0 Å². The summed E-state index contributed by atoms with van der Waals surface area (Å²) in [5, 5.41) is 2.92. The SMILES string of the molecule is COc1ccc(S(=O)(=O)N2CCC[C@H](C(=O)Nc3cccc(SC)c3)C2)cc1OC. The van der Waals surface area contributed by atoms with Gasteiger partial charge in [-0.15, -0.1) is 11.8 Å².